The van der Waals surface area contributed by atoms with Crippen molar-refractivity contribution >= 4 is 39.9 Å². The highest BCUT2D eigenvalue weighted by atomic mass is 35.5. The van der Waals surface area contributed by atoms with Gasteiger partial charge in [-0.2, -0.15) is 0 Å². The van der Waals surface area contributed by atoms with Crippen molar-refractivity contribution in [1.29, 1.82) is 0 Å². The number of carbonyl (C=O) groups is 2. The molecule has 1 aromatic heterocycles. The molecule has 0 saturated heterocycles. The van der Waals surface area contributed by atoms with Crippen molar-refractivity contribution in [3.63, 3.8) is 0 Å². The zero-order valence-electron chi connectivity index (χ0n) is 12.2. The van der Waals surface area contributed by atoms with Crippen LogP contribution in [-0.4, -0.2) is 30.6 Å². The lowest BCUT2D eigenvalue weighted by Gasteiger charge is -2.24. The van der Waals surface area contributed by atoms with E-state index in [1.54, 1.807) is 18.2 Å². The number of rotatable bonds is 3. The number of ether oxygens (including phenoxy) is 2. The molecular weight excluding hydrogens is 340 g/mol. The number of methoxy groups -OCH3 is 1. The number of hydrogen-bond acceptors (Lipinski definition) is 6. The first kappa shape index (κ1) is 15.8. The predicted molar refractivity (Wildman–Crippen MR) is 86.2 cm³/mol. The Hall–Kier alpha value is -2.12. The molecule has 23 heavy (non-hydrogen) atoms. The number of nitrogens with zero attached hydrogens (tertiary/aromatic N) is 1. The van der Waals surface area contributed by atoms with Crippen molar-refractivity contribution in [3.05, 3.63) is 39.9 Å². The van der Waals surface area contributed by atoms with Gasteiger partial charge in [0.05, 0.1) is 19.2 Å². The minimum atomic E-state index is -0.479. The first-order valence-electron chi connectivity index (χ1n) is 6.83. The van der Waals surface area contributed by atoms with Gasteiger partial charge in [0, 0.05) is 5.02 Å². The van der Waals surface area contributed by atoms with Crippen LogP contribution in [0.15, 0.2) is 24.4 Å². The van der Waals surface area contributed by atoms with Crippen LogP contribution in [0.25, 0.3) is 0 Å². The first-order valence-corrected chi connectivity index (χ1v) is 8.02. The van der Waals surface area contributed by atoms with E-state index in [1.165, 1.54) is 13.3 Å². The van der Waals surface area contributed by atoms with E-state index >= 15 is 0 Å². The average Bonchev–Trinajstić information content (AvgIpc) is 3.01. The molecule has 1 atom stereocenters. The number of thiazole rings is 1. The number of nitrogens with one attached hydrogen (secondary N) is 1. The number of fused-ring (bicyclic) bond motifs is 1. The molecule has 1 aliphatic rings. The quantitative estimate of drug-likeness (QED) is 0.859. The van der Waals surface area contributed by atoms with Gasteiger partial charge in [-0.15, -0.1) is 0 Å². The highest BCUT2D eigenvalue weighted by Crippen LogP contribution is 2.30. The third-order valence-corrected chi connectivity index (χ3v) is 4.55. The van der Waals surface area contributed by atoms with E-state index in [2.05, 4.69) is 15.0 Å². The minimum absolute atomic E-state index is 0.207. The number of aromatic nitrogens is 1. The third kappa shape index (κ3) is 3.46. The second kappa shape index (κ2) is 6.55. The summed E-state index contributed by atoms with van der Waals surface area (Å²) in [5.41, 5.74) is 0.901. The van der Waals surface area contributed by atoms with E-state index in [0.717, 1.165) is 22.6 Å². The fourth-order valence-corrected chi connectivity index (χ4v) is 3.20. The SMILES string of the molecule is COC(=O)c1cnc(NC(=O)[C@H]2COc3ccc(Cl)cc3C2)s1. The van der Waals surface area contributed by atoms with Gasteiger partial charge >= 0.3 is 5.97 Å². The van der Waals surface area contributed by atoms with Crippen LogP contribution in [0.3, 0.4) is 0 Å². The summed E-state index contributed by atoms with van der Waals surface area (Å²) >= 11 is 7.04. The molecule has 1 amide bonds. The predicted octanol–water partition coefficient (Wildman–Crippen LogP) is 2.77. The molecular formula is C15H13ClN2O4S. The number of amides is 1. The van der Waals surface area contributed by atoms with Gasteiger partial charge in [-0.05, 0) is 30.2 Å². The molecule has 6 nitrogen and oxygen atoms in total. The number of esters is 1. The maximum Gasteiger partial charge on any atom is 0.349 e. The van der Waals surface area contributed by atoms with Crippen molar-refractivity contribution in [2.24, 2.45) is 5.92 Å². The van der Waals surface area contributed by atoms with Crippen molar-refractivity contribution in [2.75, 3.05) is 19.0 Å². The molecule has 1 aromatic carbocycles. The molecule has 1 aliphatic heterocycles. The Bertz CT molecular complexity index is 762. The fraction of sp³-hybridized carbons (Fsp3) is 0.267. The normalized spacial score (nSPS) is 16.2. The number of benzene rings is 1. The molecule has 2 aromatic rings. The van der Waals surface area contributed by atoms with Gasteiger partial charge in [0.25, 0.3) is 0 Å². The molecule has 2 heterocycles. The molecule has 0 unspecified atom stereocenters. The van der Waals surface area contributed by atoms with Gasteiger partial charge < -0.3 is 14.8 Å². The average molecular weight is 353 g/mol. The van der Waals surface area contributed by atoms with Crippen LogP contribution < -0.4 is 10.1 Å². The summed E-state index contributed by atoms with van der Waals surface area (Å²) in [5.74, 6) is -0.277. The van der Waals surface area contributed by atoms with Crippen LogP contribution in [0.2, 0.25) is 5.02 Å². The van der Waals surface area contributed by atoms with Gasteiger partial charge in [-0.3, -0.25) is 4.79 Å². The fourth-order valence-electron chi connectivity index (χ4n) is 2.27. The number of hydrogen-bond donors (Lipinski definition) is 1. The van der Waals surface area contributed by atoms with Crippen LogP contribution in [0, 0.1) is 5.92 Å². The van der Waals surface area contributed by atoms with E-state index in [-0.39, 0.29) is 18.4 Å². The van der Waals surface area contributed by atoms with Gasteiger partial charge in [-0.1, -0.05) is 22.9 Å². The minimum Gasteiger partial charge on any atom is -0.492 e. The standard InChI is InChI=1S/C15H13ClN2O4S/c1-21-14(20)12-6-17-15(23-12)18-13(19)9-4-8-5-10(16)2-3-11(8)22-7-9/h2-3,5-6,9H,4,7H2,1H3,(H,17,18,19)/t9-/m1/s1. The van der Waals surface area contributed by atoms with Crippen LogP contribution in [-0.2, 0) is 16.0 Å². The summed E-state index contributed by atoms with van der Waals surface area (Å²) in [7, 11) is 1.29. The maximum atomic E-state index is 12.3. The third-order valence-electron chi connectivity index (χ3n) is 3.42. The summed E-state index contributed by atoms with van der Waals surface area (Å²) in [5, 5.41) is 3.67. The Morgan fingerprint density at radius 1 is 1.48 bits per heavy atom. The van der Waals surface area contributed by atoms with E-state index in [1.807, 2.05) is 0 Å². The largest absolute Gasteiger partial charge is 0.492 e. The number of halogens is 1. The molecule has 0 radical (unpaired) electrons. The van der Waals surface area contributed by atoms with Crippen molar-refractivity contribution < 1.29 is 19.1 Å². The molecule has 0 spiro atoms. The molecule has 1 N–H and O–H groups in total. The van der Waals surface area contributed by atoms with E-state index in [9.17, 15) is 9.59 Å². The Balaban J connectivity index is 1.67. The smallest absolute Gasteiger partial charge is 0.349 e. The van der Waals surface area contributed by atoms with Crippen LogP contribution in [0.1, 0.15) is 15.2 Å². The lowest BCUT2D eigenvalue weighted by atomic mass is 9.96. The van der Waals surface area contributed by atoms with Crippen molar-refractivity contribution in [2.45, 2.75) is 6.42 Å². The first-order chi connectivity index (χ1) is 11.1. The monoisotopic (exact) mass is 352 g/mol. The Labute approximate surface area is 141 Å². The van der Waals surface area contributed by atoms with Gasteiger partial charge in [0.15, 0.2) is 5.13 Å². The van der Waals surface area contributed by atoms with E-state index in [0.29, 0.717) is 21.5 Å². The highest BCUT2D eigenvalue weighted by Gasteiger charge is 2.27. The lowest BCUT2D eigenvalue weighted by Crippen LogP contribution is -2.32. The zero-order chi connectivity index (χ0) is 16.4. The van der Waals surface area contributed by atoms with E-state index in [4.69, 9.17) is 16.3 Å². The van der Waals surface area contributed by atoms with Crippen LogP contribution in [0.4, 0.5) is 5.13 Å². The maximum absolute atomic E-state index is 12.3. The van der Waals surface area contributed by atoms with Gasteiger partial charge in [0.1, 0.15) is 17.2 Å². The summed E-state index contributed by atoms with van der Waals surface area (Å²) in [6.45, 7) is 0.287. The van der Waals surface area contributed by atoms with Crippen molar-refractivity contribution in [3.8, 4) is 5.75 Å². The Morgan fingerprint density at radius 3 is 3.09 bits per heavy atom. The summed E-state index contributed by atoms with van der Waals surface area (Å²) in [6.07, 6.45) is 1.91. The molecule has 0 aliphatic carbocycles. The Kier molecular flexibility index (Phi) is 4.49. The summed E-state index contributed by atoms with van der Waals surface area (Å²) in [4.78, 5) is 28.1. The Morgan fingerprint density at radius 2 is 2.30 bits per heavy atom. The van der Waals surface area contributed by atoms with Crippen molar-refractivity contribution in [1.82, 2.24) is 4.98 Å². The second-order valence-corrected chi connectivity index (χ2v) is 6.44. The van der Waals surface area contributed by atoms with Crippen LogP contribution >= 0.6 is 22.9 Å². The second-order valence-electron chi connectivity index (χ2n) is 4.97. The van der Waals surface area contributed by atoms with Gasteiger partial charge in [0.2, 0.25) is 5.91 Å². The van der Waals surface area contributed by atoms with Gasteiger partial charge in [-0.25, -0.2) is 9.78 Å². The molecule has 3 rings (SSSR count). The number of anilines is 1. The van der Waals surface area contributed by atoms with Crippen LogP contribution in [0.5, 0.6) is 5.75 Å². The molecule has 8 heteroatoms. The summed E-state index contributed by atoms with van der Waals surface area (Å²) < 4.78 is 10.2. The molecule has 120 valence electrons. The summed E-state index contributed by atoms with van der Waals surface area (Å²) in [6, 6.07) is 5.36. The highest BCUT2D eigenvalue weighted by molar-refractivity contribution is 7.17. The van der Waals surface area contributed by atoms with E-state index < -0.39 is 5.97 Å². The molecule has 0 saturated carbocycles. The topological polar surface area (TPSA) is 77.5 Å². The lowest BCUT2D eigenvalue weighted by molar-refractivity contribution is -0.121. The number of carbonyl (C=O) groups excluding carboxylic acids is 2. The zero-order valence-corrected chi connectivity index (χ0v) is 13.7. The molecule has 0 fully saturated rings. The molecule has 0 bridgehead atoms.